The Labute approximate surface area is 127 Å². The third kappa shape index (κ3) is 2.40. The zero-order chi connectivity index (χ0) is 15.7. The van der Waals surface area contributed by atoms with Crippen LogP contribution in [0.15, 0.2) is 40.8 Å². The smallest absolute Gasteiger partial charge is 0.253 e. The predicted molar refractivity (Wildman–Crippen MR) is 85.4 cm³/mol. The molecule has 0 aliphatic carbocycles. The summed E-state index contributed by atoms with van der Waals surface area (Å²) in [6.07, 6.45) is -0.545. The number of fused-ring (bicyclic) bond motifs is 3. The van der Waals surface area contributed by atoms with Crippen LogP contribution in [0.5, 0.6) is 5.75 Å². The Hall–Kier alpha value is -2.53. The van der Waals surface area contributed by atoms with Crippen molar-refractivity contribution in [3.8, 4) is 5.75 Å². The number of hydrogen-bond donors (Lipinski definition) is 1. The summed E-state index contributed by atoms with van der Waals surface area (Å²) in [6, 6.07) is 11.4. The molecule has 0 aliphatic rings. The first kappa shape index (κ1) is 14.4. The molecule has 1 unspecified atom stereocenters. The lowest BCUT2D eigenvalue weighted by Crippen LogP contribution is -2.26. The largest absolute Gasteiger partial charge is 0.495 e. The Morgan fingerprint density at radius 2 is 1.91 bits per heavy atom. The van der Waals surface area contributed by atoms with E-state index in [1.807, 2.05) is 30.3 Å². The van der Waals surface area contributed by atoms with Gasteiger partial charge in [-0.15, -0.1) is 0 Å². The number of rotatable bonds is 4. The van der Waals surface area contributed by atoms with Gasteiger partial charge in [-0.25, -0.2) is 0 Å². The fourth-order valence-electron chi connectivity index (χ4n) is 2.36. The van der Waals surface area contributed by atoms with E-state index in [9.17, 15) is 4.79 Å². The van der Waals surface area contributed by atoms with Crippen LogP contribution in [0.3, 0.4) is 0 Å². The van der Waals surface area contributed by atoms with Gasteiger partial charge in [-0.1, -0.05) is 18.2 Å². The average Bonchev–Trinajstić information content (AvgIpc) is 2.90. The molecule has 22 heavy (non-hydrogen) atoms. The lowest BCUT2D eigenvalue weighted by Gasteiger charge is -2.13. The summed E-state index contributed by atoms with van der Waals surface area (Å²) in [6.45, 7) is 1.68. The molecule has 2 aromatic carbocycles. The fraction of sp³-hybridized carbons (Fsp3) is 0.235. The van der Waals surface area contributed by atoms with Crippen molar-refractivity contribution in [1.82, 2.24) is 0 Å². The number of carbonyl (C=O) groups is 1. The number of para-hydroxylation sites is 1. The molecule has 3 rings (SSSR count). The zero-order valence-electron chi connectivity index (χ0n) is 12.7. The Morgan fingerprint density at radius 3 is 2.64 bits per heavy atom. The van der Waals surface area contributed by atoms with Gasteiger partial charge in [0, 0.05) is 23.9 Å². The lowest BCUT2D eigenvalue weighted by molar-refractivity contribution is -0.124. The first-order chi connectivity index (χ1) is 10.6. The normalized spacial score (nSPS) is 12.5. The summed E-state index contributed by atoms with van der Waals surface area (Å²) in [4.78, 5) is 12.0. The second-order valence-electron chi connectivity index (χ2n) is 5.01. The van der Waals surface area contributed by atoms with Gasteiger partial charge in [-0.3, -0.25) is 4.79 Å². The molecule has 3 aromatic rings. The number of amides is 1. The Bertz CT molecular complexity index is 837. The number of nitrogens with one attached hydrogen (secondary N) is 1. The van der Waals surface area contributed by atoms with Gasteiger partial charge < -0.3 is 19.2 Å². The zero-order valence-corrected chi connectivity index (χ0v) is 12.7. The average molecular weight is 299 g/mol. The summed E-state index contributed by atoms with van der Waals surface area (Å²) < 4.78 is 16.2. The molecule has 5 heteroatoms. The van der Waals surface area contributed by atoms with Gasteiger partial charge in [-0.05, 0) is 19.1 Å². The number of ether oxygens (including phenoxy) is 2. The quantitative estimate of drug-likeness (QED) is 0.800. The van der Waals surface area contributed by atoms with E-state index in [4.69, 9.17) is 13.9 Å². The van der Waals surface area contributed by atoms with Crippen LogP contribution in [-0.4, -0.2) is 26.2 Å². The van der Waals surface area contributed by atoms with E-state index in [2.05, 4.69) is 5.32 Å². The monoisotopic (exact) mass is 299 g/mol. The molecule has 5 nitrogen and oxygen atoms in total. The summed E-state index contributed by atoms with van der Waals surface area (Å²) in [5.41, 5.74) is 2.05. The minimum atomic E-state index is -0.545. The van der Waals surface area contributed by atoms with Crippen molar-refractivity contribution >= 4 is 33.5 Å². The van der Waals surface area contributed by atoms with E-state index in [0.29, 0.717) is 17.0 Å². The molecule has 1 atom stereocenters. The van der Waals surface area contributed by atoms with E-state index < -0.39 is 6.10 Å². The highest BCUT2D eigenvalue weighted by Gasteiger charge is 2.17. The number of benzene rings is 2. The lowest BCUT2D eigenvalue weighted by atomic mass is 10.1. The second kappa shape index (κ2) is 5.69. The van der Waals surface area contributed by atoms with Gasteiger partial charge in [0.25, 0.3) is 5.91 Å². The van der Waals surface area contributed by atoms with Gasteiger partial charge in [0.15, 0.2) is 0 Å². The van der Waals surface area contributed by atoms with Crippen molar-refractivity contribution in [2.24, 2.45) is 0 Å². The molecule has 1 aromatic heterocycles. The summed E-state index contributed by atoms with van der Waals surface area (Å²) in [7, 11) is 3.06. The molecule has 0 bridgehead atoms. The standard InChI is InChI=1S/C17H17NO4/c1-10(20-2)17(19)18-13-9-15-12(8-16(13)21-3)11-6-4-5-7-14(11)22-15/h4-10H,1-3H3,(H,18,19). The predicted octanol–water partition coefficient (Wildman–Crippen LogP) is 3.57. The van der Waals surface area contributed by atoms with Crippen molar-refractivity contribution in [3.05, 3.63) is 36.4 Å². The molecular weight excluding hydrogens is 282 g/mol. The summed E-state index contributed by atoms with van der Waals surface area (Å²) in [5.74, 6) is 0.340. The molecule has 0 fully saturated rings. The minimum absolute atomic E-state index is 0.240. The van der Waals surface area contributed by atoms with E-state index in [1.54, 1.807) is 20.1 Å². The number of methoxy groups -OCH3 is 2. The van der Waals surface area contributed by atoms with Crippen molar-refractivity contribution in [2.45, 2.75) is 13.0 Å². The van der Waals surface area contributed by atoms with Gasteiger partial charge in [-0.2, -0.15) is 0 Å². The van der Waals surface area contributed by atoms with Crippen LogP contribution in [0.2, 0.25) is 0 Å². The van der Waals surface area contributed by atoms with Crippen LogP contribution >= 0.6 is 0 Å². The summed E-state index contributed by atoms with van der Waals surface area (Å²) >= 11 is 0. The molecule has 0 saturated carbocycles. The first-order valence-electron chi connectivity index (χ1n) is 6.97. The SMILES string of the molecule is COc1cc2c(cc1NC(=O)C(C)OC)oc1ccccc12. The Morgan fingerprint density at radius 1 is 1.14 bits per heavy atom. The number of anilines is 1. The van der Waals surface area contributed by atoms with Crippen LogP contribution in [0.25, 0.3) is 21.9 Å². The van der Waals surface area contributed by atoms with Gasteiger partial charge >= 0.3 is 0 Å². The number of carbonyl (C=O) groups excluding carboxylic acids is 1. The topological polar surface area (TPSA) is 60.7 Å². The van der Waals surface area contributed by atoms with Gasteiger partial charge in [0.1, 0.15) is 23.0 Å². The number of furan rings is 1. The third-order valence-corrected chi connectivity index (χ3v) is 3.68. The van der Waals surface area contributed by atoms with Crippen molar-refractivity contribution in [3.63, 3.8) is 0 Å². The first-order valence-corrected chi connectivity index (χ1v) is 6.97. The van der Waals surface area contributed by atoms with Crippen LogP contribution in [-0.2, 0) is 9.53 Å². The summed E-state index contributed by atoms with van der Waals surface area (Å²) in [5, 5.41) is 4.76. The molecule has 0 aliphatic heterocycles. The molecule has 0 radical (unpaired) electrons. The second-order valence-corrected chi connectivity index (χ2v) is 5.01. The van der Waals surface area contributed by atoms with Gasteiger partial charge in [0.2, 0.25) is 0 Å². The Kier molecular flexibility index (Phi) is 3.73. The van der Waals surface area contributed by atoms with Crippen LogP contribution < -0.4 is 10.1 Å². The third-order valence-electron chi connectivity index (χ3n) is 3.68. The van der Waals surface area contributed by atoms with E-state index in [-0.39, 0.29) is 5.91 Å². The number of hydrogen-bond acceptors (Lipinski definition) is 4. The van der Waals surface area contributed by atoms with Crippen molar-refractivity contribution < 1.29 is 18.7 Å². The minimum Gasteiger partial charge on any atom is -0.495 e. The molecule has 1 heterocycles. The maximum absolute atomic E-state index is 12.0. The van der Waals surface area contributed by atoms with Crippen molar-refractivity contribution in [2.75, 3.05) is 19.5 Å². The maximum atomic E-state index is 12.0. The molecule has 1 amide bonds. The van der Waals surface area contributed by atoms with E-state index in [0.717, 1.165) is 16.4 Å². The molecule has 1 N–H and O–H groups in total. The molecular formula is C17H17NO4. The molecule has 0 spiro atoms. The fourth-order valence-corrected chi connectivity index (χ4v) is 2.36. The van der Waals surface area contributed by atoms with Crippen LogP contribution in [0, 0.1) is 0 Å². The van der Waals surface area contributed by atoms with E-state index in [1.165, 1.54) is 7.11 Å². The molecule has 0 saturated heterocycles. The molecule has 114 valence electrons. The van der Waals surface area contributed by atoms with E-state index >= 15 is 0 Å². The van der Waals surface area contributed by atoms with Crippen molar-refractivity contribution in [1.29, 1.82) is 0 Å². The maximum Gasteiger partial charge on any atom is 0.253 e. The highest BCUT2D eigenvalue weighted by molar-refractivity contribution is 6.08. The Balaban J connectivity index is 2.10. The van der Waals surface area contributed by atoms with Gasteiger partial charge in [0.05, 0.1) is 12.8 Å². The van der Waals surface area contributed by atoms with Crippen LogP contribution in [0.4, 0.5) is 5.69 Å². The highest BCUT2D eigenvalue weighted by Crippen LogP contribution is 2.36. The van der Waals surface area contributed by atoms with Crippen LogP contribution in [0.1, 0.15) is 6.92 Å². The highest BCUT2D eigenvalue weighted by atomic mass is 16.5.